The van der Waals surface area contributed by atoms with Crippen molar-refractivity contribution in [3.8, 4) is 0 Å². The Labute approximate surface area is 54.5 Å². The average Bonchev–Trinajstić information content (AvgIpc) is 2.15. The fourth-order valence-electron chi connectivity index (χ4n) is 0.972. The highest BCUT2D eigenvalue weighted by Crippen LogP contribution is 2.15. The Balaban J connectivity index is 2.51. The number of hydrogen-bond acceptors (Lipinski definition) is 2. The van der Waals surface area contributed by atoms with Crippen LogP contribution in [0.15, 0.2) is 0 Å². The lowest BCUT2D eigenvalue weighted by atomic mass is 10.1. The molecular formula is C6H11NO2. The van der Waals surface area contributed by atoms with Gasteiger partial charge in [0.05, 0.1) is 7.11 Å². The van der Waals surface area contributed by atoms with Gasteiger partial charge in [-0.2, -0.15) is 0 Å². The quantitative estimate of drug-likeness (QED) is 0.513. The summed E-state index contributed by atoms with van der Waals surface area (Å²) in [4.78, 5) is 15.7. The van der Waals surface area contributed by atoms with Crippen molar-refractivity contribution in [1.29, 1.82) is 0 Å². The zero-order valence-corrected chi connectivity index (χ0v) is 5.76. The van der Waals surface area contributed by atoms with Gasteiger partial charge in [-0.1, -0.05) is 6.92 Å². The summed E-state index contributed by atoms with van der Waals surface area (Å²) in [6, 6.07) is 0. The lowest BCUT2D eigenvalue weighted by Crippen LogP contribution is -2.25. The molecule has 0 aromatic carbocycles. The third-order valence-electron chi connectivity index (χ3n) is 1.65. The number of amides is 1. The van der Waals surface area contributed by atoms with E-state index < -0.39 is 0 Å². The van der Waals surface area contributed by atoms with Gasteiger partial charge in [0.25, 0.3) is 0 Å². The number of carbonyl (C=O) groups excluding carboxylic acids is 1. The van der Waals surface area contributed by atoms with Crippen LogP contribution in [0, 0.1) is 5.92 Å². The highest BCUT2D eigenvalue weighted by atomic mass is 16.7. The first kappa shape index (κ1) is 6.55. The third kappa shape index (κ3) is 1.05. The topological polar surface area (TPSA) is 29.5 Å². The van der Waals surface area contributed by atoms with Crippen LogP contribution in [-0.2, 0) is 9.63 Å². The van der Waals surface area contributed by atoms with Crippen LogP contribution < -0.4 is 0 Å². The second kappa shape index (κ2) is 2.35. The molecule has 1 amide bonds. The van der Waals surface area contributed by atoms with Crippen molar-refractivity contribution in [2.45, 2.75) is 13.3 Å². The molecule has 3 heteroatoms. The molecule has 1 heterocycles. The number of carbonyl (C=O) groups is 1. The second-order valence-electron chi connectivity index (χ2n) is 2.31. The minimum Gasteiger partial charge on any atom is -0.274 e. The van der Waals surface area contributed by atoms with E-state index in [2.05, 4.69) is 0 Å². The van der Waals surface area contributed by atoms with Gasteiger partial charge >= 0.3 is 0 Å². The SMILES string of the molecule is CON1CCC(C)C1=O. The van der Waals surface area contributed by atoms with Crippen molar-refractivity contribution in [2.24, 2.45) is 5.92 Å². The molecule has 0 aromatic heterocycles. The molecule has 0 aromatic rings. The Morgan fingerprint density at radius 2 is 2.44 bits per heavy atom. The van der Waals surface area contributed by atoms with Crippen LogP contribution in [0.3, 0.4) is 0 Å². The van der Waals surface area contributed by atoms with E-state index in [1.165, 1.54) is 12.2 Å². The van der Waals surface area contributed by atoms with Crippen molar-refractivity contribution in [3.05, 3.63) is 0 Å². The van der Waals surface area contributed by atoms with E-state index in [0.29, 0.717) is 0 Å². The first-order valence-electron chi connectivity index (χ1n) is 3.11. The van der Waals surface area contributed by atoms with E-state index in [-0.39, 0.29) is 11.8 Å². The molecule has 1 atom stereocenters. The van der Waals surface area contributed by atoms with E-state index in [9.17, 15) is 4.79 Å². The van der Waals surface area contributed by atoms with E-state index >= 15 is 0 Å². The van der Waals surface area contributed by atoms with Crippen molar-refractivity contribution in [2.75, 3.05) is 13.7 Å². The highest BCUT2D eigenvalue weighted by Gasteiger charge is 2.27. The Kier molecular flexibility index (Phi) is 1.71. The second-order valence-corrected chi connectivity index (χ2v) is 2.31. The number of hydroxylamine groups is 2. The molecule has 0 saturated carbocycles. The summed E-state index contributed by atoms with van der Waals surface area (Å²) < 4.78 is 0. The van der Waals surface area contributed by atoms with Gasteiger partial charge in [0.15, 0.2) is 0 Å². The van der Waals surface area contributed by atoms with Gasteiger partial charge in [-0.15, -0.1) is 0 Å². The maximum absolute atomic E-state index is 10.9. The van der Waals surface area contributed by atoms with E-state index in [1.807, 2.05) is 6.92 Å². The molecule has 9 heavy (non-hydrogen) atoms. The molecule has 1 saturated heterocycles. The summed E-state index contributed by atoms with van der Waals surface area (Å²) in [5.41, 5.74) is 0. The summed E-state index contributed by atoms with van der Waals surface area (Å²) >= 11 is 0. The van der Waals surface area contributed by atoms with Crippen LogP contribution in [0.25, 0.3) is 0 Å². The molecule has 0 spiro atoms. The highest BCUT2D eigenvalue weighted by molar-refractivity contribution is 5.79. The Hall–Kier alpha value is -0.570. The molecule has 0 N–H and O–H groups in total. The largest absolute Gasteiger partial charge is 0.274 e. The Morgan fingerprint density at radius 3 is 2.67 bits per heavy atom. The molecule has 0 radical (unpaired) electrons. The molecule has 1 aliphatic rings. The maximum Gasteiger partial charge on any atom is 0.248 e. The summed E-state index contributed by atoms with van der Waals surface area (Å²) in [5.74, 6) is 0.266. The van der Waals surface area contributed by atoms with Gasteiger partial charge in [-0.05, 0) is 6.42 Å². The lowest BCUT2D eigenvalue weighted by Gasteiger charge is -2.10. The molecule has 1 rings (SSSR count). The molecule has 1 unspecified atom stereocenters. The van der Waals surface area contributed by atoms with Crippen LogP contribution in [0.1, 0.15) is 13.3 Å². The summed E-state index contributed by atoms with van der Waals surface area (Å²) in [6.07, 6.45) is 0.923. The molecule has 52 valence electrons. The predicted molar refractivity (Wildman–Crippen MR) is 32.5 cm³/mol. The van der Waals surface area contributed by atoms with Crippen molar-refractivity contribution >= 4 is 5.91 Å². The van der Waals surface area contributed by atoms with E-state index in [4.69, 9.17) is 4.84 Å². The maximum atomic E-state index is 10.9. The fraction of sp³-hybridized carbons (Fsp3) is 0.833. The molecule has 3 nitrogen and oxygen atoms in total. The van der Waals surface area contributed by atoms with Gasteiger partial charge in [-0.3, -0.25) is 9.63 Å². The third-order valence-corrected chi connectivity index (χ3v) is 1.65. The normalized spacial score (nSPS) is 27.6. The molecule has 1 aliphatic heterocycles. The molecule has 1 fully saturated rings. The minimum atomic E-state index is 0.109. The lowest BCUT2D eigenvalue weighted by molar-refractivity contribution is -0.169. The summed E-state index contributed by atoms with van der Waals surface area (Å²) in [7, 11) is 1.52. The number of hydrogen-bond donors (Lipinski definition) is 0. The van der Waals surface area contributed by atoms with Crippen molar-refractivity contribution in [1.82, 2.24) is 5.06 Å². The first-order chi connectivity index (χ1) is 4.25. The zero-order valence-electron chi connectivity index (χ0n) is 5.76. The Bertz CT molecular complexity index is 124. The van der Waals surface area contributed by atoms with E-state index in [0.717, 1.165) is 13.0 Å². The van der Waals surface area contributed by atoms with Gasteiger partial charge in [0, 0.05) is 12.5 Å². The first-order valence-corrected chi connectivity index (χ1v) is 3.11. The number of nitrogens with zero attached hydrogens (tertiary/aromatic N) is 1. The smallest absolute Gasteiger partial charge is 0.248 e. The minimum absolute atomic E-state index is 0.109. The predicted octanol–water partition coefficient (Wildman–Crippen LogP) is 0.416. The fourth-order valence-corrected chi connectivity index (χ4v) is 0.972. The number of rotatable bonds is 1. The van der Waals surface area contributed by atoms with Gasteiger partial charge < -0.3 is 0 Å². The standard InChI is InChI=1S/C6H11NO2/c1-5-3-4-7(9-2)6(5)8/h5H,3-4H2,1-2H3. The Morgan fingerprint density at radius 1 is 1.78 bits per heavy atom. The van der Waals surface area contributed by atoms with Crippen LogP contribution in [0.2, 0.25) is 0 Å². The van der Waals surface area contributed by atoms with Crippen LogP contribution in [0.5, 0.6) is 0 Å². The molecule has 0 aliphatic carbocycles. The van der Waals surface area contributed by atoms with E-state index in [1.54, 1.807) is 0 Å². The van der Waals surface area contributed by atoms with Crippen molar-refractivity contribution in [3.63, 3.8) is 0 Å². The van der Waals surface area contributed by atoms with Crippen LogP contribution in [0.4, 0.5) is 0 Å². The van der Waals surface area contributed by atoms with Crippen LogP contribution in [-0.4, -0.2) is 24.6 Å². The average molecular weight is 129 g/mol. The zero-order chi connectivity index (χ0) is 6.85. The van der Waals surface area contributed by atoms with Crippen LogP contribution >= 0.6 is 0 Å². The van der Waals surface area contributed by atoms with Gasteiger partial charge in [0.1, 0.15) is 0 Å². The van der Waals surface area contributed by atoms with Gasteiger partial charge in [0.2, 0.25) is 5.91 Å². The molecular weight excluding hydrogens is 118 g/mol. The summed E-state index contributed by atoms with van der Waals surface area (Å²) in [6.45, 7) is 2.66. The monoisotopic (exact) mass is 129 g/mol. The van der Waals surface area contributed by atoms with Gasteiger partial charge in [-0.25, -0.2) is 5.06 Å². The van der Waals surface area contributed by atoms with Crippen molar-refractivity contribution < 1.29 is 9.63 Å². The summed E-state index contributed by atoms with van der Waals surface area (Å²) in [5, 5.41) is 1.41. The molecule has 0 bridgehead atoms.